The van der Waals surface area contributed by atoms with Gasteiger partial charge in [0, 0.05) is 13.1 Å². The monoisotopic (exact) mass is 367 g/mol. The van der Waals surface area contributed by atoms with Crippen molar-refractivity contribution >= 4 is 17.2 Å². The van der Waals surface area contributed by atoms with Gasteiger partial charge >= 0.3 is 0 Å². The molecule has 0 bridgehead atoms. The number of hydrogen-bond donors (Lipinski definition) is 1. The van der Waals surface area contributed by atoms with E-state index in [0.717, 1.165) is 18.1 Å². The Hall–Kier alpha value is -0.150. The topological polar surface area (TPSA) is 23.5 Å². The second kappa shape index (κ2) is 10.9. The van der Waals surface area contributed by atoms with Gasteiger partial charge in [-0.3, -0.25) is 0 Å². The van der Waals surface area contributed by atoms with Gasteiger partial charge in [-0.15, -0.1) is 0 Å². The second-order valence-corrected chi connectivity index (χ2v) is 8.88. The standard InChI is InChI=1S/C22H41NOS/c1-3-5-17-23(18-6-4-2)21(25)22(24,19-13-9-7-10-14-19)20-15-11-8-12-16-20/h19-20,24H,3-18H2,1-2H3. The SMILES string of the molecule is CCCCN(CCCC)C(=S)C(O)(C1CCCCC1)C1CCCCC1. The minimum Gasteiger partial charge on any atom is -0.382 e. The molecule has 0 saturated heterocycles. The van der Waals surface area contributed by atoms with E-state index in [0.29, 0.717) is 11.8 Å². The normalized spacial score (nSPS) is 20.6. The van der Waals surface area contributed by atoms with E-state index in [9.17, 15) is 5.11 Å². The highest BCUT2D eigenvalue weighted by Crippen LogP contribution is 2.44. The Kier molecular flexibility index (Phi) is 9.20. The average Bonchev–Trinajstić information content (AvgIpc) is 2.68. The first kappa shape index (κ1) is 21.2. The molecule has 0 aromatic rings. The average molecular weight is 368 g/mol. The van der Waals surface area contributed by atoms with Crippen molar-refractivity contribution < 1.29 is 5.11 Å². The van der Waals surface area contributed by atoms with Gasteiger partial charge in [0.15, 0.2) is 0 Å². The molecule has 146 valence electrons. The maximum atomic E-state index is 12.1. The quantitative estimate of drug-likeness (QED) is 0.497. The first-order chi connectivity index (χ1) is 12.1. The van der Waals surface area contributed by atoms with Crippen molar-refractivity contribution in [3.63, 3.8) is 0 Å². The van der Waals surface area contributed by atoms with Gasteiger partial charge in [-0.25, -0.2) is 0 Å². The van der Waals surface area contributed by atoms with Gasteiger partial charge in [0.25, 0.3) is 0 Å². The van der Waals surface area contributed by atoms with Gasteiger partial charge < -0.3 is 10.0 Å². The second-order valence-electron chi connectivity index (χ2n) is 8.49. The molecule has 0 spiro atoms. The molecule has 2 nitrogen and oxygen atoms in total. The van der Waals surface area contributed by atoms with Crippen LogP contribution in [0.25, 0.3) is 0 Å². The fraction of sp³-hybridized carbons (Fsp3) is 0.955. The van der Waals surface area contributed by atoms with Crippen molar-refractivity contribution in [3.8, 4) is 0 Å². The molecule has 2 aliphatic rings. The van der Waals surface area contributed by atoms with E-state index in [4.69, 9.17) is 12.2 Å². The van der Waals surface area contributed by atoms with Crippen LogP contribution in [0.2, 0.25) is 0 Å². The summed E-state index contributed by atoms with van der Waals surface area (Å²) in [5.41, 5.74) is -0.725. The summed E-state index contributed by atoms with van der Waals surface area (Å²) in [6.07, 6.45) is 17.2. The summed E-state index contributed by atoms with van der Waals surface area (Å²) in [5.74, 6) is 0.783. The van der Waals surface area contributed by atoms with Crippen LogP contribution in [-0.4, -0.2) is 33.7 Å². The number of nitrogens with zero attached hydrogens (tertiary/aromatic N) is 1. The number of unbranched alkanes of at least 4 members (excludes halogenated alkanes) is 2. The van der Waals surface area contributed by atoms with Crippen LogP contribution in [0, 0.1) is 11.8 Å². The number of aliphatic hydroxyl groups is 1. The summed E-state index contributed by atoms with van der Waals surface area (Å²) in [4.78, 5) is 3.30. The van der Waals surface area contributed by atoms with Crippen LogP contribution in [0.4, 0.5) is 0 Å². The Labute approximate surface area is 161 Å². The van der Waals surface area contributed by atoms with Gasteiger partial charge in [-0.2, -0.15) is 0 Å². The van der Waals surface area contributed by atoms with Gasteiger partial charge in [-0.05, 0) is 50.4 Å². The van der Waals surface area contributed by atoms with Crippen molar-refractivity contribution in [3.05, 3.63) is 0 Å². The van der Waals surface area contributed by atoms with E-state index in [2.05, 4.69) is 18.7 Å². The molecule has 2 rings (SSSR count). The first-order valence-corrected chi connectivity index (χ1v) is 11.6. The van der Waals surface area contributed by atoms with Crippen LogP contribution in [0.5, 0.6) is 0 Å². The lowest BCUT2D eigenvalue weighted by Gasteiger charge is -2.48. The van der Waals surface area contributed by atoms with Crippen LogP contribution >= 0.6 is 12.2 Å². The zero-order chi connectivity index (χ0) is 18.1. The maximum Gasteiger partial charge on any atom is 0.120 e. The summed E-state index contributed by atoms with van der Waals surface area (Å²) in [6, 6.07) is 0. The fourth-order valence-electron chi connectivity index (χ4n) is 5.03. The zero-order valence-corrected chi connectivity index (χ0v) is 17.6. The maximum absolute atomic E-state index is 12.1. The summed E-state index contributed by atoms with van der Waals surface area (Å²) in [6.45, 7) is 6.54. The molecule has 2 saturated carbocycles. The molecule has 2 fully saturated rings. The van der Waals surface area contributed by atoms with Crippen LogP contribution in [0.1, 0.15) is 104 Å². The lowest BCUT2D eigenvalue weighted by atomic mass is 9.66. The molecule has 0 atom stereocenters. The van der Waals surface area contributed by atoms with Crippen molar-refractivity contribution in [2.24, 2.45) is 11.8 Å². The minimum absolute atomic E-state index is 0.391. The van der Waals surface area contributed by atoms with Gasteiger partial charge in [0.2, 0.25) is 0 Å². The molecule has 0 unspecified atom stereocenters. The smallest absolute Gasteiger partial charge is 0.120 e. The Morgan fingerprint density at radius 1 is 0.840 bits per heavy atom. The van der Waals surface area contributed by atoms with Crippen LogP contribution in [0.15, 0.2) is 0 Å². The summed E-state index contributed by atoms with van der Waals surface area (Å²) >= 11 is 6.07. The Balaban J connectivity index is 2.21. The molecule has 2 aliphatic carbocycles. The lowest BCUT2D eigenvalue weighted by molar-refractivity contribution is -0.0405. The first-order valence-electron chi connectivity index (χ1n) is 11.2. The molecule has 25 heavy (non-hydrogen) atoms. The predicted octanol–water partition coefficient (Wildman–Crippen LogP) is 6.11. The molecule has 0 heterocycles. The largest absolute Gasteiger partial charge is 0.382 e. The van der Waals surface area contributed by atoms with Crippen LogP contribution in [0.3, 0.4) is 0 Å². The Morgan fingerprint density at radius 3 is 1.60 bits per heavy atom. The number of rotatable bonds is 9. The molecular weight excluding hydrogens is 326 g/mol. The van der Waals surface area contributed by atoms with E-state index < -0.39 is 5.60 Å². The van der Waals surface area contributed by atoms with Gasteiger partial charge in [0.1, 0.15) is 10.6 Å². The van der Waals surface area contributed by atoms with Gasteiger partial charge in [0.05, 0.1) is 0 Å². The van der Waals surface area contributed by atoms with Crippen molar-refractivity contribution in [1.82, 2.24) is 4.90 Å². The molecule has 0 radical (unpaired) electrons. The third-order valence-electron chi connectivity index (χ3n) is 6.65. The van der Waals surface area contributed by atoms with Crippen LogP contribution in [-0.2, 0) is 0 Å². The van der Waals surface area contributed by atoms with Crippen LogP contribution < -0.4 is 0 Å². The molecule has 3 heteroatoms. The lowest BCUT2D eigenvalue weighted by Crippen LogP contribution is -2.58. The molecule has 0 aliphatic heterocycles. The highest BCUT2D eigenvalue weighted by Gasteiger charge is 2.48. The van der Waals surface area contributed by atoms with E-state index in [1.165, 1.54) is 89.9 Å². The third kappa shape index (κ3) is 5.42. The van der Waals surface area contributed by atoms with E-state index in [-0.39, 0.29) is 0 Å². The molecule has 0 aromatic carbocycles. The Morgan fingerprint density at radius 2 is 1.24 bits per heavy atom. The van der Waals surface area contributed by atoms with Crippen molar-refractivity contribution in [2.45, 2.75) is 109 Å². The van der Waals surface area contributed by atoms with Gasteiger partial charge in [-0.1, -0.05) is 77.4 Å². The number of hydrogen-bond acceptors (Lipinski definition) is 2. The highest BCUT2D eigenvalue weighted by molar-refractivity contribution is 7.80. The molecule has 0 amide bonds. The van der Waals surface area contributed by atoms with Crippen molar-refractivity contribution in [1.29, 1.82) is 0 Å². The summed E-state index contributed by atoms with van der Waals surface area (Å²) < 4.78 is 0. The predicted molar refractivity (Wildman–Crippen MR) is 112 cm³/mol. The zero-order valence-electron chi connectivity index (χ0n) is 16.8. The minimum atomic E-state index is -0.725. The molecule has 1 N–H and O–H groups in total. The third-order valence-corrected chi connectivity index (χ3v) is 7.23. The Bertz CT molecular complexity index is 359. The molecule has 0 aromatic heterocycles. The highest BCUT2D eigenvalue weighted by atomic mass is 32.1. The van der Waals surface area contributed by atoms with Crippen molar-refractivity contribution in [2.75, 3.05) is 13.1 Å². The van der Waals surface area contributed by atoms with E-state index >= 15 is 0 Å². The number of thiocarbonyl (C=S) groups is 1. The van der Waals surface area contributed by atoms with E-state index in [1.807, 2.05) is 0 Å². The molecular formula is C22H41NOS. The summed E-state index contributed by atoms with van der Waals surface area (Å²) in [5, 5.41) is 12.1. The summed E-state index contributed by atoms with van der Waals surface area (Å²) in [7, 11) is 0. The fourth-order valence-corrected chi connectivity index (χ4v) is 5.55. The van der Waals surface area contributed by atoms with E-state index in [1.54, 1.807) is 0 Å².